The molecule has 0 atom stereocenters. The van der Waals surface area contributed by atoms with Crippen molar-refractivity contribution in [3.05, 3.63) is 41.7 Å². The van der Waals surface area contributed by atoms with Crippen LogP contribution in [0.25, 0.3) is 0 Å². The van der Waals surface area contributed by atoms with Crippen molar-refractivity contribution >= 4 is 11.6 Å². The fourth-order valence-electron chi connectivity index (χ4n) is 1.93. The summed E-state index contributed by atoms with van der Waals surface area (Å²) in [5.74, 6) is 1.52. The molecule has 2 rings (SSSR count). The molecule has 2 aromatic rings. The van der Waals surface area contributed by atoms with Crippen molar-refractivity contribution < 1.29 is 4.74 Å². The molecule has 0 fully saturated rings. The molecule has 106 valence electrons. The molecular formula is C15H20N4O. The molecule has 0 saturated carbocycles. The Kier molecular flexibility index (Phi) is 4.53. The van der Waals surface area contributed by atoms with Gasteiger partial charge in [0.15, 0.2) is 0 Å². The molecule has 5 heteroatoms. The molecular weight excluding hydrogens is 252 g/mol. The summed E-state index contributed by atoms with van der Waals surface area (Å²) in [6, 6.07) is 7.82. The normalized spacial score (nSPS) is 10.4. The van der Waals surface area contributed by atoms with Crippen LogP contribution >= 0.6 is 0 Å². The standard InChI is InChI=1S/C15H20N4O/c1-11-12(9-16-2)10-17-15(18-11)19(3)13-5-7-14(20-4)8-6-13/h5-8,10,16H,9H2,1-4H3. The number of rotatable bonds is 5. The van der Waals surface area contributed by atoms with Gasteiger partial charge in [-0.1, -0.05) is 0 Å². The third-order valence-corrected chi connectivity index (χ3v) is 3.20. The van der Waals surface area contributed by atoms with Crippen molar-refractivity contribution in [2.45, 2.75) is 13.5 Å². The van der Waals surface area contributed by atoms with Crippen LogP contribution in [0.1, 0.15) is 11.3 Å². The molecule has 1 aromatic heterocycles. The largest absolute Gasteiger partial charge is 0.497 e. The third-order valence-electron chi connectivity index (χ3n) is 3.20. The predicted octanol–water partition coefficient (Wildman–Crippen LogP) is 2.28. The topological polar surface area (TPSA) is 50.3 Å². The molecule has 0 aliphatic rings. The first-order chi connectivity index (χ1) is 9.65. The van der Waals surface area contributed by atoms with Gasteiger partial charge in [-0.3, -0.25) is 0 Å². The van der Waals surface area contributed by atoms with E-state index in [-0.39, 0.29) is 0 Å². The van der Waals surface area contributed by atoms with Gasteiger partial charge < -0.3 is 15.0 Å². The zero-order valence-corrected chi connectivity index (χ0v) is 12.3. The maximum atomic E-state index is 5.16. The van der Waals surface area contributed by atoms with Crippen LogP contribution < -0.4 is 15.0 Å². The monoisotopic (exact) mass is 272 g/mol. The average molecular weight is 272 g/mol. The molecule has 1 N–H and O–H groups in total. The van der Waals surface area contributed by atoms with Crippen LogP contribution in [0.2, 0.25) is 0 Å². The second-order valence-electron chi connectivity index (χ2n) is 4.57. The van der Waals surface area contributed by atoms with Gasteiger partial charge in [0.1, 0.15) is 5.75 Å². The van der Waals surface area contributed by atoms with E-state index in [0.717, 1.165) is 29.2 Å². The highest BCUT2D eigenvalue weighted by molar-refractivity contribution is 5.57. The van der Waals surface area contributed by atoms with Gasteiger partial charge in [0, 0.05) is 36.7 Å². The summed E-state index contributed by atoms with van der Waals surface area (Å²) in [7, 11) is 5.52. The number of ether oxygens (including phenoxy) is 1. The molecule has 0 saturated heterocycles. The number of anilines is 2. The third kappa shape index (κ3) is 3.05. The summed E-state index contributed by atoms with van der Waals surface area (Å²) < 4.78 is 5.16. The van der Waals surface area contributed by atoms with Crippen molar-refractivity contribution in [3.63, 3.8) is 0 Å². The summed E-state index contributed by atoms with van der Waals surface area (Å²) in [5.41, 5.74) is 3.12. The van der Waals surface area contributed by atoms with Gasteiger partial charge in [-0.05, 0) is 38.2 Å². The first-order valence-electron chi connectivity index (χ1n) is 6.50. The zero-order valence-electron chi connectivity index (χ0n) is 12.3. The Labute approximate surface area is 119 Å². The summed E-state index contributed by atoms with van der Waals surface area (Å²) in [6.07, 6.45) is 1.87. The van der Waals surface area contributed by atoms with Crippen LogP contribution in [-0.2, 0) is 6.54 Å². The zero-order chi connectivity index (χ0) is 14.5. The van der Waals surface area contributed by atoms with Gasteiger partial charge in [0.2, 0.25) is 5.95 Å². The van der Waals surface area contributed by atoms with Gasteiger partial charge in [-0.2, -0.15) is 0 Å². The lowest BCUT2D eigenvalue weighted by molar-refractivity contribution is 0.415. The quantitative estimate of drug-likeness (QED) is 0.905. The predicted molar refractivity (Wildman–Crippen MR) is 80.6 cm³/mol. The lowest BCUT2D eigenvalue weighted by atomic mass is 10.2. The van der Waals surface area contributed by atoms with E-state index in [0.29, 0.717) is 5.95 Å². The van der Waals surface area contributed by atoms with Gasteiger partial charge in [-0.25, -0.2) is 9.97 Å². The average Bonchev–Trinajstić information content (AvgIpc) is 2.49. The van der Waals surface area contributed by atoms with Gasteiger partial charge in [-0.15, -0.1) is 0 Å². The van der Waals surface area contributed by atoms with Crippen LogP contribution in [0.5, 0.6) is 5.75 Å². The lowest BCUT2D eigenvalue weighted by Gasteiger charge is -2.18. The van der Waals surface area contributed by atoms with Crippen LogP contribution in [0.15, 0.2) is 30.5 Å². The Bertz CT molecular complexity index is 569. The van der Waals surface area contributed by atoms with E-state index in [4.69, 9.17) is 4.74 Å². The van der Waals surface area contributed by atoms with Crippen molar-refractivity contribution in [2.24, 2.45) is 0 Å². The minimum atomic E-state index is 0.688. The Balaban J connectivity index is 2.23. The van der Waals surface area contributed by atoms with Gasteiger partial charge in [0.05, 0.1) is 7.11 Å². The van der Waals surface area contributed by atoms with Crippen molar-refractivity contribution in [1.82, 2.24) is 15.3 Å². The molecule has 20 heavy (non-hydrogen) atoms. The number of methoxy groups -OCH3 is 1. The number of hydrogen-bond acceptors (Lipinski definition) is 5. The number of nitrogens with zero attached hydrogens (tertiary/aromatic N) is 3. The Morgan fingerprint density at radius 2 is 1.95 bits per heavy atom. The minimum absolute atomic E-state index is 0.688. The van der Waals surface area contributed by atoms with E-state index < -0.39 is 0 Å². The molecule has 0 aliphatic carbocycles. The number of nitrogens with one attached hydrogen (secondary N) is 1. The Morgan fingerprint density at radius 3 is 2.50 bits per heavy atom. The number of aryl methyl sites for hydroxylation is 1. The molecule has 0 radical (unpaired) electrons. The molecule has 0 spiro atoms. The maximum absolute atomic E-state index is 5.16. The highest BCUT2D eigenvalue weighted by atomic mass is 16.5. The fourth-order valence-corrected chi connectivity index (χ4v) is 1.93. The highest BCUT2D eigenvalue weighted by Crippen LogP contribution is 2.23. The molecule has 0 bridgehead atoms. The van der Waals surface area contributed by atoms with Crippen LogP contribution in [0.3, 0.4) is 0 Å². The fraction of sp³-hybridized carbons (Fsp3) is 0.333. The highest BCUT2D eigenvalue weighted by Gasteiger charge is 2.09. The molecule has 0 unspecified atom stereocenters. The minimum Gasteiger partial charge on any atom is -0.497 e. The number of hydrogen-bond donors (Lipinski definition) is 1. The summed E-state index contributed by atoms with van der Waals surface area (Å²) in [6.45, 7) is 2.78. The smallest absolute Gasteiger partial charge is 0.229 e. The van der Waals surface area contributed by atoms with E-state index in [1.54, 1.807) is 7.11 Å². The van der Waals surface area contributed by atoms with Crippen molar-refractivity contribution in [3.8, 4) is 5.75 Å². The molecule has 5 nitrogen and oxygen atoms in total. The van der Waals surface area contributed by atoms with E-state index >= 15 is 0 Å². The Hall–Kier alpha value is -2.14. The van der Waals surface area contributed by atoms with Crippen molar-refractivity contribution in [1.29, 1.82) is 0 Å². The first kappa shape index (κ1) is 14.3. The van der Waals surface area contributed by atoms with Crippen LogP contribution in [0.4, 0.5) is 11.6 Å². The van der Waals surface area contributed by atoms with Gasteiger partial charge in [0.25, 0.3) is 0 Å². The number of benzene rings is 1. The summed E-state index contributed by atoms with van der Waals surface area (Å²) in [4.78, 5) is 10.9. The van der Waals surface area contributed by atoms with Crippen molar-refractivity contribution in [2.75, 3.05) is 26.1 Å². The van der Waals surface area contributed by atoms with E-state index in [1.807, 2.05) is 56.4 Å². The van der Waals surface area contributed by atoms with Gasteiger partial charge >= 0.3 is 0 Å². The van der Waals surface area contributed by atoms with E-state index in [2.05, 4.69) is 15.3 Å². The molecule has 1 heterocycles. The lowest BCUT2D eigenvalue weighted by Crippen LogP contribution is -2.15. The molecule has 1 aromatic carbocycles. The SMILES string of the molecule is CNCc1cnc(N(C)c2ccc(OC)cc2)nc1C. The summed E-state index contributed by atoms with van der Waals surface area (Å²) in [5, 5.41) is 3.11. The van der Waals surface area contributed by atoms with E-state index in [1.165, 1.54) is 0 Å². The number of aromatic nitrogens is 2. The molecule has 0 amide bonds. The first-order valence-corrected chi connectivity index (χ1v) is 6.50. The van der Waals surface area contributed by atoms with E-state index in [9.17, 15) is 0 Å². The van der Waals surface area contributed by atoms with Crippen LogP contribution in [-0.4, -0.2) is 31.2 Å². The maximum Gasteiger partial charge on any atom is 0.229 e. The van der Waals surface area contributed by atoms with Crippen LogP contribution in [0, 0.1) is 6.92 Å². The second kappa shape index (κ2) is 6.34. The molecule has 0 aliphatic heterocycles. The second-order valence-corrected chi connectivity index (χ2v) is 4.57. The summed E-state index contributed by atoms with van der Waals surface area (Å²) >= 11 is 0. The Morgan fingerprint density at radius 1 is 1.25 bits per heavy atom.